The lowest BCUT2D eigenvalue weighted by atomic mass is 10.4. The predicted molar refractivity (Wildman–Crippen MR) is 45.2 cm³/mol. The molecule has 0 heterocycles. The third kappa shape index (κ3) is 8.95. The summed E-state index contributed by atoms with van der Waals surface area (Å²) in [6.07, 6.45) is 8.56. The highest BCUT2D eigenvalue weighted by atomic mass is 16.5. The molecule has 0 saturated carbocycles. The summed E-state index contributed by atoms with van der Waals surface area (Å²) in [5.74, 6) is -0.218. The van der Waals surface area contributed by atoms with Crippen LogP contribution in [-0.2, 0) is 9.53 Å². The van der Waals surface area contributed by atoms with Gasteiger partial charge in [-0.1, -0.05) is 24.3 Å². The van der Waals surface area contributed by atoms with E-state index in [2.05, 4.69) is 0 Å². The quantitative estimate of drug-likeness (QED) is 0.352. The second-order valence-electron chi connectivity index (χ2n) is 2.08. The molecule has 0 unspecified atom stereocenters. The van der Waals surface area contributed by atoms with E-state index in [9.17, 15) is 4.79 Å². The van der Waals surface area contributed by atoms with Crippen molar-refractivity contribution in [1.29, 1.82) is 0 Å². The number of carbonyl (C=O) groups excluding carboxylic acids is 1. The SMILES string of the molecule is C/C=C/C=C\CCOC(C)=O. The van der Waals surface area contributed by atoms with Gasteiger partial charge >= 0.3 is 5.97 Å². The van der Waals surface area contributed by atoms with Crippen LogP contribution in [0.1, 0.15) is 20.3 Å². The summed E-state index contributed by atoms with van der Waals surface area (Å²) in [7, 11) is 0. The van der Waals surface area contributed by atoms with E-state index in [1.165, 1.54) is 6.92 Å². The number of allylic oxidation sites excluding steroid dienone is 3. The monoisotopic (exact) mass is 154 g/mol. The average molecular weight is 154 g/mol. The average Bonchev–Trinajstić information content (AvgIpc) is 1.96. The number of esters is 1. The first-order valence-electron chi connectivity index (χ1n) is 3.68. The molecular formula is C9H14O2. The highest BCUT2D eigenvalue weighted by Gasteiger charge is 1.87. The van der Waals surface area contributed by atoms with Crippen molar-refractivity contribution in [2.75, 3.05) is 6.61 Å². The molecule has 0 aliphatic rings. The highest BCUT2D eigenvalue weighted by Crippen LogP contribution is 1.86. The smallest absolute Gasteiger partial charge is 0.302 e. The second-order valence-corrected chi connectivity index (χ2v) is 2.08. The minimum atomic E-state index is -0.218. The molecular weight excluding hydrogens is 140 g/mol. The maximum atomic E-state index is 10.3. The Morgan fingerprint density at radius 1 is 1.45 bits per heavy atom. The van der Waals surface area contributed by atoms with Gasteiger partial charge in [0.2, 0.25) is 0 Å². The Balaban J connectivity index is 3.20. The van der Waals surface area contributed by atoms with Gasteiger partial charge in [0, 0.05) is 6.92 Å². The number of hydrogen-bond acceptors (Lipinski definition) is 2. The molecule has 0 rings (SSSR count). The van der Waals surface area contributed by atoms with E-state index in [4.69, 9.17) is 4.74 Å². The van der Waals surface area contributed by atoms with E-state index in [-0.39, 0.29) is 5.97 Å². The summed E-state index contributed by atoms with van der Waals surface area (Å²) in [6.45, 7) is 3.84. The molecule has 0 N–H and O–H groups in total. The number of rotatable bonds is 4. The van der Waals surface area contributed by atoms with Crippen molar-refractivity contribution in [3.63, 3.8) is 0 Å². The van der Waals surface area contributed by atoms with Crippen LogP contribution in [0.4, 0.5) is 0 Å². The van der Waals surface area contributed by atoms with Gasteiger partial charge in [0.15, 0.2) is 0 Å². The third-order valence-electron chi connectivity index (χ3n) is 1.03. The van der Waals surface area contributed by atoms with E-state index < -0.39 is 0 Å². The Morgan fingerprint density at radius 3 is 2.73 bits per heavy atom. The number of hydrogen-bond donors (Lipinski definition) is 0. The lowest BCUT2D eigenvalue weighted by Gasteiger charge is -1.95. The predicted octanol–water partition coefficient (Wildman–Crippen LogP) is 2.07. The fourth-order valence-corrected chi connectivity index (χ4v) is 0.557. The van der Waals surface area contributed by atoms with Gasteiger partial charge in [-0.25, -0.2) is 0 Å². The van der Waals surface area contributed by atoms with Crippen LogP contribution in [0.3, 0.4) is 0 Å². The third-order valence-corrected chi connectivity index (χ3v) is 1.03. The van der Waals surface area contributed by atoms with Gasteiger partial charge in [-0.15, -0.1) is 0 Å². The Hall–Kier alpha value is -1.05. The first-order valence-corrected chi connectivity index (χ1v) is 3.68. The Kier molecular flexibility index (Phi) is 6.39. The summed E-state index contributed by atoms with van der Waals surface area (Å²) >= 11 is 0. The number of carbonyl (C=O) groups is 1. The molecule has 0 aliphatic carbocycles. The Bertz CT molecular complexity index is 157. The lowest BCUT2D eigenvalue weighted by molar-refractivity contribution is -0.140. The van der Waals surface area contributed by atoms with Crippen LogP contribution in [0.5, 0.6) is 0 Å². The summed E-state index contributed by atoms with van der Waals surface area (Å²) in [4.78, 5) is 10.3. The van der Waals surface area contributed by atoms with Gasteiger partial charge in [-0.05, 0) is 13.3 Å². The van der Waals surface area contributed by atoms with Crippen LogP contribution in [0.2, 0.25) is 0 Å². The first kappa shape index (κ1) is 9.95. The van der Waals surface area contributed by atoms with Crippen LogP contribution < -0.4 is 0 Å². The summed E-state index contributed by atoms with van der Waals surface area (Å²) in [6, 6.07) is 0. The van der Waals surface area contributed by atoms with Gasteiger partial charge in [0.25, 0.3) is 0 Å². The van der Waals surface area contributed by atoms with E-state index >= 15 is 0 Å². The fourth-order valence-electron chi connectivity index (χ4n) is 0.557. The molecule has 2 nitrogen and oxygen atoms in total. The topological polar surface area (TPSA) is 26.3 Å². The van der Waals surface area contributed by atoms with Crippen molar-refractivity contribution in [1.82, 2.24) is 0 Å². The lowest BCUT2D eigenvalue weighted by Crippen LogP contribution is -1.98. The normalized spacial score (nSPS) is 11.1. The van der Waals surface area contributed by atoms with Crippen LogP contribution in [0.15, 0.2) is 24.3 Å². The molecule has 0 atom stereocenters. The Morgan fingerprint density at radius 2 is 2.18 bits per heavy atom. The van der Waals surface area contributed by atoms with Gasteiger partial charge in [0.1, 0.15) is 0 Å². The van der Waals surface area contributed by atoms with Gasteiger partial charge in [0.05, 0.1) is 6.61 Å². The highest BCUT2D eigenvalue weighted by molar-refractivity contribution is 5.65. The molecule has 0 amide bonds. The summed E-state index contributed by atoms with van der Waals surface area (Å²) < 4.78 is 4.71. The minimum Gasteiger partial charge on any atom is -0.466 e. The van der Waals surface area contributed by atoms with Crippen molar-refractivity contribution in [2.24, 2.45) is 0 Å². The van der Waals surface area contributed by atoms with E-state index in [1.54, 1.807) is 0 Å². The molecule has 0 fully saturated rings. The number of ether oxygens (including phenoxy) is 1. The van der Waals surface area contributed by atoms with Crippen LogP contribution in [-0.4, -0.2) is 12.6 Å². The van der Waals surface area contributed by atoms with Crippen molar-refractivity contribution >= 4 is 5.97 Å². The molecule has 2 heteroatoms. The van der Waals surface area contributed by atoms with Gasteiger partial charge in [-0.3, -0.25) is 4.79 Å². The van der Waals surface area contributed by atoms with Crippen molar-refractivity contribution in [3.05, 3.63) is 24.3 Å². The van der Waals surface area contributed by atoms with Gasteiger partial charge < -0.3 is 4.74 Å². The fraction of sp³-hybridized carbons (Fsp3) is 0.444. The van der Waals surface area contributed by atoms with Crippen molar-refractivity contribution in [3.8, 4) is 0 Å². The van der Waals surface area contributed by atoms with E-state index in [0.717, 1.165) is 6.42 Å². The molecule has 0 aromatic rings. The maximum Gasteiger partial charge on any atom is 0.302 e. The molecule has 11 heavy (non-hydrogen) atoms. The molecule has 0 bridgehead atoms. The second kappa shape index (κ2) is 7.06. The zero-order valence-corrected chi connectivity index (χ0v) is 7.04. The van der Waals surface area contributed by atoms with E-state index in [1.807, 2.05) is 31.2 Å². The molecule has 0 spiro atoms. The molecule has 0 aromatic heterocycles. The van der Waals surface area contributed by atoms with Crippen LogP contribution in [0.25, 0.3) is 0 Å². The molecule has 0 saturated heterocycles. The van der Waals surface area contributed by atoms with E-state index in [0.29, 0.717) is 6.61 Å². The summed E-state index contributed by atoms with van der Waals surface area (Å²) in [5.41, 5.74) is 0. The minimum absolute atomic E-state index is 0.218. The molecule has 0 aromatic carbocycles. The van der Waals surface area contributed by atoms with Crippen molar-refractivity contribution < 1.29 is 9.53 Å². The van der Waals surface area contributed by atoms with Crippen molar-refractivity contribution in [2.45, 2.75) is 20.3 Å². The first-order chi connectivity index (χ1) is 5.27. The molecule has 0 radical (unpaired) electrons. The summed E-state index contributed by atoms with van der Waals surface area (Å²) in [5, 5.41) is 0. The zero-order chi connectivity index (χ0) is 8.53. The van der Waals surface area contributed by atoms with Crippen LogP contribution in [0, 0.1) is 0 Å². The maximum absolute atomic E-state index is 10.3. The standard InChI is InChI=1S/C9H14O2/c1-3-4-5-6-7-8-11-9(2)10/h3-6H,7-8H2,1-2H3/b4-3+,6-5-. The Labute approximate surface area is 67.6 Å². The largest absolute Gasteiger partial charge is 0.466 e. The molecule has 62 valence electrons. The van der Waals surface area contributed by atoms with Gasteiger partial charge in [-0.2, -0.15) is 0 Å². The zero-order valence-electron chi connectivity index (χ0n) is 7.04. The molecule has 0 aliphatic heterocycles. The van der Waals surface area contributed by atoms with Crippen LogP contribution >= 0.6 is 0 Å².